The molecule has 0 heterocycles. The van der Waals surface area contributed by atoms with E-state index in [2.05, 4.69) is 17.4 Å². The molecule has 28 heavy (non-hydrogen) atoms. The number of hydrogen-bond donors (Lipinski definition) is 1. The molecule has 0 saturated carbocycles. The number of nitrogens with one attached hydrogen (secondary N) is 1. The fourth-order valence-electron chi connectivity index (χ4n) is 2.82. The van der Waals surface area contributed by atoms with Gasteiger partial charge in [0, 0.05) is 18.2 Å². The summed E-state index contributed by atoms with van der Waals surface area (Å²) in [5, 5.41) is 2.93. The predicted molar refractivity (Wildman–Crippen MR) is 112 cm³/mol. The molecule has 4 heteroatoms. The lowest BCUT2D eigenvalue weighted by Gasteiger charge is -2.10. The van der Waals surface area contributed by atoms with Gasteiger partial charge in [-0.05, 0) is 42.7 Å². The van der Waals surface area contributed by atoms with Crippen molar-refractivity contribution in [3.8, 4) is 11.5 Å². The summed E-state index contributed by atoms with van der Waals surface area (Å²) >= 11 is 0. The van der Waals surface area contributed by atoms with Crippen molar-refractivity contribution in [3.63, 3.8) is 0 Å². The molecule has 1 amide bonds. The van der Waals surface area contributed by atoms with Gasteiger partial charge in [-0.2, -0.15) is 0 Å². The normalized spacial score (nSPS) is 10.3. The smallest absolute Gasteiger partial charge is 0.224 e. The number of ether oxygens (including phenoxy) is 2. The molecule has 0 spiro atoms. The minimum atomic E-state index is 0.0143. The topological polar surface area (TPSA) is 47.6 Å². The van der Waals surface area contributed by atoms with Gasteiger partial charge in [-0.15, -0.1) is 0 Å². The van der Waals surface area contributed by atoms with E-state index in [1.165, 1.54) is 5.56 Å². The summed E-state index contributed by atoms with van der Waals surface area (Å²) in [6, 6.07) is 27.3. The number of para-hydroxylation sites is 1. The van der Waals surface area contributed by atoms with Crippen molar-refractivity contribution in [2.75, 3.05) is 18.5 Å². The van der Waals surface area contributed by atoms with Crippen molar-refractivity contribution < 1.29 is 14.3 Å². The third-order valence-corrected chi connectivity index (χ3v) is 4.19. The van der Waals surface area contributed by atoms with E-state index in [0.29, 0.717) is 25.4 Å². The van der Waals surface area contributed by atoms with E-state index in [1.54, 1.807) is 0 Å². The van der Waals surface area contributed by atoms with Crippen LogP contribution in [0.4, 0.5) is 5.69 Å². The zero-order chi connectivity index (χ0) is 19.4. The third-order valence-electron chi connectivity index (χ3n) is 4.19. The molecule has 0 fully saturated rings. The fraction of sp³-hybridized carbons (Fsp3) is 0.208. The van der Waals surface area contributed by atoms with Crippen molar-refractivity contribution in [1.29, 1.82) is 0 Å². The first-order valence-corrected chi connectivity index (χ1v) is 9.54. The molecular formula is C24H25NO3. The number of benzene rings is 3. The Bertz CT molecular complexity index is 850. The molecule has 0 radical (unpaired) electrons. The summed E-state index contributed by atoms with van der Waals surface area (Å²) in [4.78, 5) is 12.2. The van der Waals surface area contributed by atoms with Crippen LogP contribution in [0.3, 0.4) is 0 Å². The minimum absolute atomic E-state index is 0.0143. The number of rotatable bonds is 10. The van der Waals surface area contributed by atoms with E-state index in [0.717, 1.165) is 24.3 Å². The fourth-order valence-corrected chi connectivity index (χ4v) is 2.82. The maximum atomic E-state index is 12.2. The first-order valence-electron chi connectivity index (χ1n) is 9.54. The standard InChI is InChI=1S/C24H25NO3/c26-24(16-7-11-20-9-3-1-4-10-20)25-21-12-8-15-23(19-21)28-18-17-27-22-13-5-2-6-14-22/h1-6,8-10,12-15,19H,7,11,16-18H2,(H,25,26). The summed E-state index contributed by atoms with van der Waals surface area (Å²) in [5.74, 6) is 1.54. The third kappa shape index (κ3) is 6.80. The van der Waals surface area contributed by atoms with E-state index in [-0.39, 0.29) is 5.91 Å². The van der Waals surface area contributed by atoms with Crippen LogP contribution in [0.1, 0.15) is 18.4 Å². The second kappa shape index (κ2) is 10.8. The van der Waals surface area contributed by atoms with Gasteiger partial charge in [-0.1, -0.05) is 54.6 Å². The largest absolute Gasteiger partial charge is 0.490 e. The summed E-state index contributed by atoms with van der Waals surface area (Å²) in [7, 11) is 0. The van der Waals surface area contributed by atoms with E-state index >= 15 is 0 Å². The molecule has 0 atom stereocenters. The van der Waals surface area contributed by atoms with Gasteiger partial charge in [0.1, 0.15) is 24.7 Å². The molecule has 0 aliphatic carbocycles. The average molecular weight is 375 g/mol. The van der Waals surface area contributed by atoms with Crippen LogP contribution in [0.25, 0.3) is 0 Å². The van der Waals surface area contributed by atoms with Gasteiger partial charge >= 0.3 is 0 Å². The Kier molecular flexibility index (Phi) is 7.50. The van der Waals surface area contributed by atoms with Crippen LogP contribution in [0.5, 0.6) is 11.5 Å². The van der Waals surface area contributed by atoms with Crippen LogP contribution >= 0.6 is 0 Å². The lowest BCUT2D eigenvalue weighted by molar-refractivity contribution is -0.116. The van der Waals surface area contributed by atoms with Crippen molar-refractivity contribution in [3.05, 3.63) is 90.5 Å². The van der Waals surface area contributed by atoms with Gasteiger partial charge in [-0.3, -0.25) is 4.79 Å². The van der Waals surface area contributed by atoms with Crippen LogP contribution in [-0.2, 0) is 11.2 Å². The number of amides is 1. The second-order valence-corrected chi connectivity index (χ2v) is 6.43. The first kappa shape index (κ1) is 19.5. The van der Waals surface area contributed by atoms with Crippen LogP contribution < -0.4 is 14.8 Å². The lowest BCUT2D eigenvalue weighted by Crippen LogP contribution is -2.12. The maximum absolute atomic E-state index is 12.2. The van der Waals surface area contributed by atoms with Crippen molar-refractivity contribution >= 4 is 11.6 Å². The quantitative estimate of drug-likeness (QED) is 0.501. The molecule has 0 aromatic heterocycles. The minimum Gasteiger partial charge on any atom is -0.490 e. The van der Waals surface area contributed by atoms with Crippen LogP contribution in [0.2, 0.25) is 0 Å². The Labute approximate surface area is 166 Å². The Morgan fingerprint density at radius 2 is 1.39 bits per heavy atom. The van der Waals surface area contributed by atoms with E-state index in [9.17, 15) is 4.79 Å². The van der Waals surface area contributed by atoms with Gasteiger partial charge in [-0.25, -0.2) is 0 Å². The molecule has 144 valence electrons. The van der Waals surface area contributed by atoms with E-state index in [1.807, 2.05) is 72.8 Å². The first-order chi connectivity index (χ1) is 13.8. The summed E-state index contributed by atoms with van der Waals surface area (Å²) in [5.41, 5.74) is 2.00. The molecule has 0 aliphatic heterocycles. The molecule has 4 nitrogen and oxygen atoms in total. The average Bonchev–Trinajstić information content (AvgIpc) is 2.73. The Hall–Kier alpha value is -3.27. The molecule has 0 unspecified atom stereocenters. The molecule has 3 aromatic carbocycles. The molecule has 0 saturated heterocycles. The molecule has 3 aromatic rings. The maximum Gasteiger partial charge on any atom is 0.224 e. The second-order valence-electron chi connectivity index (χ2n) is 6.43. The summed E-state index contributed by atoms with van der Waals surface area (Å²) in [6.45, 7) is 0.892. The lowest BCUT2D eigenvalue weighted by atomic mass is 10.1. The summed E-state index contributed by atoms with van der Waals surface area (Å²) in [6.07, 6.45) is 2.21. The van der Waals surface area contributed by atoms with Gasteiger partial charge in [0.2, 0.25) is 5.91 Å². The number of anilines is 1. The highest BCUT2D eigenvalue weighted by molar-refractivity contribution is 5.90. The Morgan fingerprint density at radius 3 is 2.14 bits per heavy atom. The number of carbonyl (C=O) groups is 1. The highest BCUT2D eigenvalue weighted by Gasteiger charge is 2.04. The number of aryl methyl sites for hydroxylation is 1. The van der Waals surface area contributed by atoms with Gasteiger partial charge in [0.05, 0.1) is 0 Å². The Morgan fingerprint density at radius 1 is 0.750 bits per heavy atom. The molecule has 1 N–H and O–H groups in total. The highest BCUT2D eigenvalue weighted by Crippen LogP contribution is 2.18. The number of hydrogen-bond acceptors (Lipinski definition) is 3. The molecule has 0 bridgehead atoms. The number of carbonyl (C=O) groups excluding carboxylic acids is 1. The highest BCUT2D eigenvalue weighted by atomic mass is 16.5. The Balaban J connectivity index is 1.38. The SMILES string of the molecule is O=C(CCCc1ccccc1)Nc1cccc(OCCOc2ccccc2)c1. The van der Waals surface area contributed by atoms with Crippen LogP contribution in [0, 0.1) is 0 Å². The zero-order valence-electron chi connectivity index (χ0n) is 15.8. The predicted octanol–water partition coefficient (Wildman–Crippen LogP) is 5.11. The van der Waals surface area contributed by atoms with Crippen molar-refractivity contribution in [1.82, 2.24) is 0 Å². The van der Waals surface area contributed by atoms with Gasteiger partial charge in [0.25, 0.3) is 0 Å². The monoisotopic (exact) mass is 375 g/mol. The molecule has 0 aliphatic rings. The summed E-state index contributed by atoms with van der Waals surface area (Å²) < 4.78 is 11.3. The van der Waals surface area contributed by atoms with Crippen LogP contribution in [0.15, 0.2) is 84.9 Å². The van der Waals surface area contributed by atoms with Gasteiger partial charge < -0.3 is 14.8 Å². The van der Waals surface area contributed by atoms with Crippen molar-refractivity contribution in [2.45, 2.75) is 19.3 Å². The molecule has 3 rings (SSSR count). The van der Waals surface area contributed by atoms with E-state index < -0.39 is 0 Å². The zero-order valence-corrected chi connectivity index (χ0v) is 15.8. The van der Waals surface area contributed by atoms with E-state index in [4.69, 9.17) is 9.47 Å². The van der Waals surface area contributed by atoms with Crippen LogP contribution in [-0.4, -0.2) is 19.1 Å². The van der Waals surface area contributed by atoms with Gasteiger partial charge in [0.15, 0.2) is 0 Å². The van der Waals surface area contributed by atoms with Crippen molar-refractivity contribution in [2.24, 2.45) is 0 Å². The molecular weight excluding hydrogens is 350 g/mol.